The lowest BCUT2D eigenvalue weighted by Crippen LogP contribution is -2.48. The highest BCUT2D eigenvalue weighted by Gasteiger charge is 2.39. The number of carbonyl (C=O) groups excluding carboxylic acids is 2. The zero-order chi connectivity index (χ0) is 18.5. The minimum Gasteiger partial charge on any atom is -0.348 e. The fourth-order valence-electron chi connectivity index (χ4n) is 4.55. The molecule has 3 atom stereocenters. The molecule has 27 heavy (non-hydrogen) atoms. The second-order valence-corrected chi connectivity index (χ2v) is 9.05. The van der Waals surface area contributed by atoms with E-state index < -0.39 is 0 Å². The fourth-order valence-corrected chi connectivity index (χ4v) is 5.70. The van der Waals surface area contributed by atoms with Gasteiger partial charge in [0, 0.05) is 41.5 Å². The van der Waals surface area contributed by atoms with Gasteiger partial charge in [0.15, 0.2) is 0 Å². The van der Waals surface area contributed by atoms with Crippen molar-refractivity contribution in [1.82, 2.24) is 15.5 Å². The average molecular weight is 385 g/mol. The highest BCUT2D eigenvalue weighted by molar-refractivity contribution is 7.23. The first kappa shape index (κ1) is 17.2. The lowest BCUT2D eigenvalue weighted by atomic mass is 9.95. The minimum absolute atomic E-state index is 0.00173. The molecule has 2 amide bonds. The first-order valence-corrected chi connectivity index (χ1v) is 10.5. The first-order valence-electron chi connectivity index (χ1n) is 9.66. The molecule has 142 valence electrons. The van der Waals surface area contributed by atoms with Gasteiger partial charge in [0.05, 0.1) is 11.5 Å². The van der Waals surface area contributed by atoms with Crippen LogP contribution in [0.25, 0.3) is 10.1 Å². The number of benzene rings is 1. The summed E-state index contributed by atoms with van der Waals surface area (Å²) in [6, 6.07) is 9.15. The monoisotopic (exact) mass is 384 g/mol. The molecule has 3 aliphatic rings. The molecular formula is C20H24N4O2S. The molecule has 0 unspecified atom stereocenters. The normalized spacial score (nSPS) is 28.3. The number of hydrogen-bond acceptors (Lipinski definition) is 5. The van der Waals surface area contributed by atoms with Crippen LogP contribution in [0.1, 0.15) is 29.6 Å². The van der Waals surface area contributed by atoms with Gasteiger partial charge in [-0.2, -0.15) is 0 Å². The topological polar surface area (TPSA) is 64.7 Å². The summed E-state index contributed by atoms with van der Waals surface area (Å²) < 4.78 is 1.05. The van der Waals surface area contributed by atoms with Crippen molar-refractivity contribution in [2.24, 2.45) is 0 Å². The maximum atomic E-state index is 12.7. The SMILES string of the molecule is CN1CCN(c2cc3ccc(C(=O)N[C@@H]4C[C@H]5CC[C@@H]4N5)cc3s2)C(=O)C1. The molecule has 4 heterocycles. The third kappa shape index (κ3) is 3.13. The van der Waals surface area contributed by atoms with Crippen LogP contribution in [0.5, 0.6) is 0 Å². The van der Waals surface area contributed by atoms with Gasteiger partial charge in [-0.15, -0.1) is 11.3 Å². The van der Waals surface area contributed by atoms with E-state index in [0.717, 1.165) is 34.5 Å². The summed E-state index contributed by atoms with van der Waals surface area (Å²) in [5.41, 5.74) is 0.698. The van der Waals surface area contributed by atoms with Crippen LogP contribution in [0.4, 0.5) is 5.00 Å². The number of hydrogen-bond donors (Lipinski definition) is 2. The van der Waals surface area contributed by atoms with Crippen molar-refractivity contribution in [2.45, 2.75) is 37.4 Å². The first-order chi connectivity index (χ1) is 13.1. The summed E-state index contributed by atoms with van der Waals surface area (Å²) >= 11 is 1.59. The van der Waals surface area contributed by atoms with E-state index in [9.17, 15) is 9.59 Å². The van der Waals surface area contributed by atoms with Crippen molar-refractivity contribution >= 4 is 38.2 Å². The molecule has 5 rings (SSSR count). The Labute approximate surface area is 162 Å². The van der Waals surface area contributed by atoms with Gasteiger partial charge < -0.3 is 15.5 Å². The van der Waals surface area contributed by atoms with Crippen molar-refractivity contribution in [1.29, 1.82) is 0 Å². The molecule has 1 aromatic carbocycles. The maximum Gasteiger partial charge on any atom is 0.251 e. The number of amides is 2. The Kier molecular flexibility index (Phi) is 4.18. The number of rotatable bonds is 3. The van der Waals surface area contributed by atoms with Crippen LogP contribution in [0.2, 0.25) is 0 Å². The largest absolute Gasteiger partial charge is 0.348 e. The summed E-state index contributed by atoms with van der Waals surface area (Å²) in [6.45, 7) is 2.05. The van der Waals surface area contributed by atoms with Crippen molar-refractivity contribution in [3.63, 3.8) is 0 Å². The van der Waals surface area contributed by atoms with E-state index in [2.05, 4.69) is 16.7 Å². The maximum absolute atomic E-state index is 12.7. The molecule has 2 N–H and O–H groups in total. The van der Waals surface area contributed by atoms with E-state index >= 15 is 0 Å². The predicted octanol–water partition coefficient (Wildman–Crippen LogP) is 1.80. The molecule has 3 fully saturated rings. The molecule has 0 spiro atoms. The molecule has 3 saturated heterocycles. The number of piperazine rings is 1. The van der Waals surface area contributed by atoms with Gasteiger partial charge in [-0.25, -0.2) is 0 Å². The van der Waals surface area contributed by atoms with Crippen LogP contribution in [0, 0.1) is 0 Å². The molecule has 0 radical (unpaired) electrons. The second-order valence-electron chi connectivity index (χ2n) is 7.98. The van der Waals surface area contributed by atoms with Crippen LogP contribution in [0.3, 0.4) is 0 Å². The standard InChI is InChI=1S/C20H24N4O2S/c1-23-6-7-24(18(25)11-23)19-9-12-2-3-13(8-17(12)27-19)20(26)22-16-10-14-4-5-15(16)21-14/h2-3,8-9,14-16,21H,4-7,10-11H2,1H3,(H,22,26)/t14-,15+,16-/m1/s1. The Morgan fingerprint density at radius 3 is 2.89 bits per heavy atom. The van der Waals surface area contributed by atoms with Gasteiger partial charge in [-0.3, -0.25) is 14.5 Å². The van der Waals surface area contributed by atoms with Crippen LogP contribution in [0.15, 0.2) is 24.3 Å². The number of nitrogens with zero attached hydrogens (tertiary/aromatic N) is 2. The Hall–Kier alpha value is -1.96. The number of nitrogens with one attached hydrogen (secondary N) is 2. The molecule has 7 heteroatoms. The van der Waals surface area contributed by atoms with Gasteiger partial charge in [0.1, 0.15) is 0 Å². The number of likely N-dealkylation sites (N-methyl/N-ethyl adjacent to an activating group) is 1. The van der Waals surface area contributed by atoms with Gasteiger partial charge in [-0.1, -0.05) is 6.07 Å². The van der Waals surface area contributed by atoms with E-state index in [0.29, 0.717) is 30.7 Å². The highest BCUT2D eigenvalue weighted by atomic mass is 32.1. The average Bonchev–Trinajstić information content (AvgIpc) is 3.35. The van der Waals surface area contributed by atoms with Crippen LogP contribution < -0.4 is 15.5 Å². The zero-order valence-electron chi connectivity index (χ0n) is 15.4. The van der Waals surface area contributed by atoms with Crippen molar-refractivity contribution in [3.05, 3.63) is 29.8 Å². The Morgan fingerprint density at radius 1 is 1.26 bits per heavy atom. The molecule has 0 aliphatic carbocycles. The molecule has 3 aliphatic heterocycles. The molecule has 0 saturated carbocycles. The lowest BCUT2D eigenvalue weighted by molar-refractivity contribution is -0.120. The molecular weight excluding hydrogens is 360 g/mol. The number of carbonyl (C=O) groups is 2. The predicted molar refractivity (Wildman–Crippen MR) is 107 cm³/mol. The van der Waals surface area contributed by atoms with E-state index in [1.54, 1.807) is 11.3 Å². The zero-order valence-corrected chi connectivity index (χ0v) is 16.2. The number of anilines is 1. The van der Waals surface area contributed by atoms with Gasteiger partial charge in [-0.05, 0) is 49.9 Å². The van der Waals surface area contributed by atoms with E-state index in [4.69, 9.17) is 0 Å². The fraction of sp³-hybridized carbons (Fsp3) is 0.500. The quantitative estimate of drug-likeness (QED) is 0.847. The number of thiophene rings is 1. The Morgan fingerprint density at radius 2 is 2.15 bits per heavy atom. The van der Waals surface area contributed by atoms with Crippen LogP contribution >= 0.6 is 11.3 Å². The molecule has 6 nitrogen and oxygen atoms in total. The minimum atomic E-state index is 0.00173. The number of fused-ring (bicyclic) bond motifs is 3. The van der Waals surface area contributed by atoms with Gasteiger partial charge in [0.2, 0.25) is 5.91 Å². The van der Waals surface area contributed by atoms with Gasteiger partial charge >= 0.3 is 0 Å². The lowest BCUT2D eigenvalue weighted by Gasteiger charge is -2.30. The van der Waals surface area contributed by atoms with Crippen molar-refractivity contribution in [3.8, 4) is 0 Å². The summed E-state index contributed by atoms with van der Waals surface area (Å²) in [5, 5.41) is 8.82. The van der Waals surface area contributed by atoms with Crippen LogP contribution in [-0.4, -0.2) is 61.5 Å². The van der Waals surface area contributed by atoms with E-state index in [1.807, 2.05) is 35.0 Å². The van der Waals surface area contributed by atoms with E-state index in [-0.39, 0.29) is 17.9 Å². The summed E-state index contributed by atoms with van der Waals surface area (Å²) in [5.74, 6) is 0.138. The summed E-state index contributed by atoms with van der Waals surface area (Å²) in [7, 11) is 1.97. The molecule has 2 aromatic rings. The van der Waals surface area contributed by atoms with Crippen molar-refractivity contribution < 1.29 is 9.59 Å². The molecule has 2 bridgehead atoms. The highest BCUT2D eigenvalue weighted by Crippen LogP contribution is 2.34. The summed E-state index contributed by atoms with van der Waals surface area (Å²) in [6.07, 6.45) is 3.42. The summed E-state index contributed by atoms with van der Waals surface area (Å²) in [4.78, 5) is 29.0. The third-order valence-corrected chi connectivity index (χ3v) is 7.18. The molecule has 1 aromatic heterocycles. The van der Waals surface area contributed by atoms with Crippen LogP contribution in [-0.2, 0) is 4.79 Å². The Bertz CT molecular complexity index is 911. The Balaban J connectivity index is 1.34. The van der Waals surface area contributed by atoms with Gasteiger partial charge in [0.25, 0.3) is 5.91 Å². The van der Waals surface area contributed by atoms with Crippen molar-refractivity contribution in [2.75, 3.05) is 31.6 Å². The van der Waals surface area contributed by atoms with E-state index in [1.165, 1.54) is 6.42 Å². The third-order valence-electron chi connectivity index (χ3n) is 6.06. The smallest absolute Gasteiger partial charge is 0.251 e. The second kappa shape index (κ2) is 6.58.